The molecule has 0 aliphatic carbocycles. The van der Waals surface area contributed by atoms with Crippen LogP contribution in [0.4, 0.5) is 10.1 Å². The summed E-state index contributed by atoms with van der Waals surface area (Å²) < 4.78 is 13.0. The number of phenolic OH excluding ortho intramolecular Hbond substituents is 1. The molecule has 0 bridgehead atoms. The fourth-order valence-electron chi connectivity index (χ4n) is 1.54. The largest absolute Gasteiger partial charge is 0.507 e. The average molecular weight is 245 g/mol. The number of benzene rings is 2. The minimum Gasteiger partial charge on any atom is -0.507 e. The van der Waals surface area contributed by atoms with Gasteiger partial charge >= 0.3 is 0 Å². The Morgan fingerprint density at radius 2 is 1.94 bits per heavy atom. The molecule has 0 atom stereocenters. The summed E-state index contributed by atoms with van der Waals surface area (Å²) in [6.45, 7) is -0.122. The maximum atomic E-state index is 13.0. The molecule has 0 aromatic heterocycles. The monoisotopic (exact) mass is 245 g/mol. The van der Waals surface area contributed by atoms with E-state index in [-0.39, 0.29) is 12.4 Å². The van der Waals surface area contributed by atoms with Crippen LogP contribution in [0, 0.1) is 5.82 Å². The zero-order valence-electron chi connectivity index (χ0n) is 9.55. The average Bonchev–Trinajstić information content (AvgIpc) is 2.40. The number of aliphatic imine (C=N–C) groups is 1. The van der Waals surface area contributed by atoms with Gasteiger partial charge in [-0.05, 0) is 24.3 Å². The number of hydrogen-bond donors (Lipinski definition) is 2. The number of para-hydroxylation sites is 1. The molecule has 2 aromatic carbocycles. The topological polar surface area (TPSA) is 52.8 Å². The number of hydrogen-bond acceptors (Lipinski definition) is 3. The van der Waals surface area contributed by atoms with Crippen molar-refractivity contribution in [2.24, 2.45) is 4.99 Å². The van der Waals surface area contributed by atoms with Crippen molar-refractivity contribution in [1.82, 2.24) is 0 Å². The highest BCUT2D eigenvalue weighted by molar-refractivity contribution is 5.85. The highest BCUT2D eigenvalue weighted by Crippen LogP contribution is 2.20. The highest BCUT2D eigenvalue weighted by Gasteiger charge is 2.01. The second-order valence-corrected chi connectivity index (χ2v) is 3.75. The Bertz CT molecular complexity index is 582. The number of aliphatic hydroxyl groups excluding tert-OH is 1. The van der Waals surface area contributed by atoms with Crippen LogP contribution in [-0.2, 0) is 6.61 Å². The van der Waals surface area contributed by atoms with Gasteiger partial charge in [-0.2, -0.15) is 0 Å². The Morgan fingerprint density at radius 3 is 2.72 bits per heavy atom. The minimum atomic E-state index is -0.440. The molecule has 2 rings (SSSR count). The molecule has 0 aliphatic rings. The summed E-state index contributed by atoms with van der Waals surface area (Å²) in [6.07, 6.45) is 1.37. The summed E-state index contributed by atoms with van der Waals surface area (Å²) >= 11 is 0. The molecule has 2 N–H and O–H groups in total. The maximum absolute atomic E-state index is 13.0. The molecular formula is C14H12FNO2. The van der Waals surface area contributed by atoms with Crippen molar-refractivity contribution in [2.45, 2.75) is 6.61 Å². The Balaban J connectivity index is 2.33. The van der Waals surface area contributed by atoms with E-state index in [1.807, 2.05) is 0 Å². The first-order valence-electron chi connectivity index (χ1n) is 5.42. The van der Waals surface area contributed by atoms with Gasteiger partial charge in [0.15, 0.2) is 0 Å². The lowest BCUT2D eigenvalue weighted by molar-refractivity contribution is 0.282. The van der Waals surface area contributed by atoms with Crippen LogP contribution in [-0.4, -0.2) is 16.4 Å². The van der Waals surface area contributed by atoms with Crippen molar-refractivity contribution in [3.05, 3.63) is 59.4 Å². The fraction of sp³-hybridized carbons (Fsp3) is 0.0714. The van der Waals surface area contributed by atoms with Crippen LogP contribution in [0.2, 0.25) is 0 Å². The molecule has 0 heterocycles. The van der Waals surface area contributed by atoms with Gasteiger partial charge in [0.25, 0.3) is 0 Å². The highest BCUT2D eigenvalue weighted by atomic mass is 19.1. The van der Waals surface area contributed by atoms with E-state index in [1.54, 1.807) is 24.3 Å². The standard InChI is InChI=1S/C14H12FNO2/c15-12-5-6-14(18)11(7-12)8-16-13-4-2-1-3-10(13)9-17/h1-8,17-18H,9H2. The van der Waals surface area contributed by atoms with Crippen molar-refractivity contribution in [2.75, 3.05) is 0 Å². The zero-order chi connectivity index (χ0) is 13.0. The SMILES string of the molecule is OCc1ccccc1N=Cc1cc(F)ccc1O. The van der Waals surface area contributed by atoms with E-state index < -0.39 is 5.82 Å². The van der Waals surface area contributed by atoms with E-state index in [0.717, 1.165) is 0 Å². The van der Waals surface area contributed by atoms with E-state index >= 15 is 0 Å². The number of halogens is 1. The van der Waals surface area contributed by atoms with E-state index in [0.29, 0.717) is 16.8 Å². The van der Waals surface area contributed by atoms with Gasteiger partial charge in [-0.1, -0.05) is 18.2 Å². The Morgan fingerprint density at radius 1 is 1.17 bits per heavy atom. The first kappa shape index (κ1) is 12.3. The summed E-state index contributed by atoms with van der Waals surface area (Å²) in [5, 5.41) is 18.7. The molecule has 4 heteroatoms. The summed E-state index contributed by atoms with van der Waals surface area (Å²) in [7, 11) is 0. The minimum absolute atomic E-state index is 0.0402. The third-order valence-corrected chi connectivity index (χ3v) is 2.49. The van der Waals surface area contributed by atoms with Gasteiger partial charge in [0.1, 0.15) is 11.6 Å². The van der Waals surface area contributed by atoms with E-state index in [9.17, 15) is 9.50 Å². The van der Waals surface area contributed by atoms with Gasteiger partial charge in [0, 0.05) is 17.3 Å². The van der Waals surface area contributed by atoms with Gasteiger partial charge in [-0.25, -0.2) is 4.39 Å². The van der Waals surface area contributed by atoms with Crippen LogP contribution in [0.15, 0.2) is 47.5 Å². The molecule has 3 nitrogen and oxygen atoms in total. The Kier molecular flexibility index (Phi) is 3.69. The molecule has 0 unspecified atom stereocenters. The Hall–Kier alpha value is -2.20. The Labute approximate surface area is 104 Å². The van der Waals surface area contributed by atoms with Crippen LogP contribution in [0.3, 0.4) is 0 Å². The number of aromatic hydroxyl groups is 1. The number of nitrogens with zero attached hydrogens (tertiary/aromatic N) is 1. The third-order valence-electron chi connectivity index (χ3n) is 2.49. The molecule has 0 fully saturated rings. The lowest BCUT2D eigenvalue weighted by atomic mass is 10.2. The molecule has 0 spiro atoms. The number of rotatable bonds is 3. The van der Waals surface area contributed by atoms with Gasteiger partial charge in [0.2, 0.25) is 0 Å². The quantitative estimate of drug-likeness (QED) is 0.817. The van der Waals surface area contributed by atoms with Crippen molar-refractivity contribution in [1.29, 1.82) is 0 Å². The molecular weight excluding hydrogens is 233 g/mol. The van der Waals surface area contributed by atoms with Crippen molar-refractivity contribution >= 4 is 11.9 Å². The molecule has 0 saturated heterocycles. The van der Waals surface area contributed by atoms with Gasteiger partial charge in [-0.3, -0.25) is 4.99 Å². The van der Waals surface area contributed by atoms with E-state index in [1.165, 1.54) is 24.4 Å². The number of phenols is 1. The lowest BCUT2D eigenvalue weighted by Gasteiger charge is -2.02. The molecule has 18 heavy (non-hydrogen) atoms. The van der Waals surface area contributed by atoms with Crippen molar-refractivity contribution in [3.8, 4) is 5.75 Å². The molecule has 0 aliphatic heterocycles. The van der Waals surface area contributed by atoms with Crippen molar-refractivity contribution in [3.63, 3.8) is 0 Å². The van der Waals surface area contributed by atoms with E-state index in [4.69, 9.17) is 5.11 Å². The predicted molar refractivity (Wildman–Crippen MR) is 67.7 cm³/mol. The number of aliphatic hydroxyl groups is 1. The predicted octanol–water partition coefficient (Wildman–Crippen LogP) is 2.77. The summed E-state index contributed by atoms with van der Waals surface area (Å²) in [5.74, 6) is -0.480. The summed E-state index contributed by atoms with van der Waals surface area (Å²) in [6, 6.07) is 10.7. The molecule has 0 saturated carbocycles. The molecule has 0 amide bonds. The second kappa shape index (κ2) is 5.42. The molecule has 92 valence electrons. The first-order chi connectivity index (χ1) is 8.70. The van der Waals surface area contributed by atoms with Gasteiger partial charge in [0.05, 0.1) is 12.3 Å². The van der Waals surface area contributed by atoms with Gasteiger partial charge < -0.3 is 10.2 Å². The third kappa shape index (κ3) is 2.73. The van der Waals surface area contributed by atoms with Crippen LogP contribution >= 0.6 is 0 Å². The summed E-state index contributed by atoms with van der Waals surface area (Å²) in [4.78, 5) is 4.14. The first-order valence-corrected chi connectivity index (χ1v) is 5.42. The van der Waals surface area contributed by atoms with Crippen molar-refractivity contribution < 1.29 is 14.6 Å². The van der Waals surface area contributed by atoms with Crippen LogP contribution < -0.4 is 0 Å². The summed E-state index contributed by atoms with van der Waals surface area (Å²) in [5.41, 5.74) is 1.55. The van der Waals surface area contributed by atoms with Crippen LogP contribution in [0.25, 0.3) is 0 Å². The van der Waals surface area contributed by atoms with Crippen LogP contribution in [0.1, 0.15) is 11.1 Å². The second-order valence-electron chi connectivity index (χ2n) is 3.75. The molecule has 0 radical (unpaired) electrons. The van der Waals surface area contributed by atoms with Gasteiger partial charge in [-0.15, -0.1) is 0 Å². The maximum Gasteiger partial charge on any atom is 0.124 e. The van der Waals surface area contributed by atoms with Crippen LogP contribution in [0.5, 0.6) is 5.75 Å². The lowest BCUT2D eigenvalue weighted by Crippen LogP contribution is -1.87. The fourth-order valence-corrected chi connectivity index (χ4v) is 1.54. The zero-order valence-corrected chi connectivity index (χ0v) is 9.55. The normalized spacial score (nSPS) is 11.0. The molecule has 2 aromatic rings. The smallest absolute Gasteiger partial charge is 0.124 e. The van der Waals surface area contributed by atoms with E-state index in [2.05, 4.69) is 4.99 Å².